The van der Waals surface area contributed by atoms with E-state index in [1.165, 1.54) is 44.9 Å². The molecule has 0 radical (unpaired) electrons. The van der Waals surface area contributed by atoms with Gasteiger partial charge < -0.3 is 9.45 Å². The van der Waals surface area contributed by atoms with Crippen molar-refractivity contribution < 1.29 is 13.6 Å². The number of carbonyl (C=O) groups excluding carboxylic acids is 1. The number of carbonyl (C=O) groups is 1. The van der Waals surface area contributed by atoms with E-state index in [0.29, 0.717) is 13.0 Å². The first-order valence-corrected chi connectivity index (χ1v) is 9.17. The first-order valence-electron chi connectivity index (χ1n) is 7.89. The van der Waals surface area contributed by atoms with Crippen molar-refractivity contribution in [3.05, 3.63) is 0 Å². The molecule has 1 N–H and O–H groups in total. The van der Waals surface area contributed by atoms with Gasteiger partial charge in [0.05, 0.1) is 5.75 Å². The highest BCUT2D eigenvalue weighted by molar-refractivity contribution is 7.79. The van der Waals surface area contributed by atoms with Crippen molar-refractivity contribution in [1.29, 1.82) is 0 Å². The second kappa shape index (κ2) is 13.6. The molecule has 0 saturated carbocycles. The summed E-state index contributed by atoms with van der Waals surface area (Å²) in [6.45, 7) is 2.59. The Bertz CT molecular complexity index is 272. The average molecular weight is 305 g/mol. The molecule has 4 nitrogen and oxygen atoms in total. The lowest BCUT2D eigenvalue weighted by atomic mass is 10.1. The minimum Gasteiger partial charge on any atom is -0.345 e. The second-order valence-electron chi connectivity index (χ2n) is 5.42. The van der Waals surface area contributed by atoms with E-state index in [0.717, 1.165) is 12.8 Å². The Morgan fingerprint density at radius 1 is 1.00 bits per heavy atom. The van der Waals surface area contributed by atoms with Crippen LogP contribution in [0.2, 0.25) is 0 Å². The summed E-state index contributed by atoms with van der Waals surface area (Å²) in [5.74, 6) is 0.221. The van der Waals surface area contributed by atoms with Gasteiger partial charge in [0.1, 0.15) is 0 Å². The Kier molecular flexibility index (Phi) is 13.3. The highest BCUT2D eigenvalue weighted by atomic mass is 32.2. The number of amides is 1. The van der Waals surface area contributed by atoms with Crippen molar-refractivity contribution in [1.82, 2.24) is 4.90 Å². The summed E-state index contributed by atoms with van der Waals surface area (Å²) < 4.78 is 19.2. The summed E-state index contributed by atoms with van der Waals surface area (Å²) in [5, 5.41) is 0. The molecule has 0 aliphatic heterocycles. The van der Waals surface area contributed by atoms with E-state index in [1.54, 1.807) is 11.9 Å². The van der Waals surface area contributed by atoms with Gasteiger partial charge in [-0.2, -0.15) is 0 Å². The van der Waals surface area contributed by atoms with Crippen molar-refractivity contribution in [2.45, 2.75) is 71.1 Å². The normalized spacial score (nSPS) is 12.3. The van der Waals surface area contributed by atoms with Crippen LogP contribution < -0.4 is 0 Å². The summed E-state index contributed by atoms with van der Waals surface area (Å²) in [6.07, 6.45) is 11.7. The van der Waals surface area contributed by atoms with Gasteiger partial charge in [-0.1, -0.05) is 58.3 Å². The molecule has 0 spiro atoms. The third-order valence-electron chi connectivity index (χ3n) is 3.52. The molecule has 20 heavy (non-hydrogen) atoms. The number of rotatable bonds is 13. The largest absolute Gasteiger partial charge is 0.345 e. The molecule has 1 amide bonds. The lowest BCUT2D eigenvalue weighted by Crippen LogP contribution is -2.30. The fourth-order valence-corrected chi connectivity index (χ4v) is 2.55. The smallest absolute Gasteiger partial charge is 0.222 e. The van der Waals surface area contributed by atoms with E-state index in [9.17, 15) is 9.00 Å². The van der Waals surface area contributed by atoms with Crippen LogP contribution in [0, 0.1) is 0 Å². The number of nitrogens with zero attached hydrogens (tertiary/aromatic N) is 1. The second-order valence-corrected chi connectivity index (χ2v) is 6.47. The quantitative estimate of drug-likeness (QED) is 0.418. The standard InChI is InChI=1S/C15H31NO3S/c1-3-4-5-6-7-8-9-10-11-12-15(17)16(2)13-14-20(18)19/h3-14H2,1-2H3,(H,18,19). The van der Waals surface area contributed by atoms with Crippen LogP contribution in [0.5, 0.6) is 0 Å². The van der Waals surface area contributed by atoms with Gasteiger partial charge >= 0.3 is 0 Å². The number of unbranched alkanes of at least 4 members (excludes halogenated alkanes) is 8. The van der Waals surface area contributed by atoms with Gasteiger partial charge in [-0.3, -0.25) is 4.79 Å². The summed E-state index contributed by atoms with van der Waals surface area (Å²) >= 11 is -1.81. The monoisotopic (exact) mass is 305 g/mol. The van der Waals surface area contributed by atoms with Crippen molar-refractivity contribution in [3.8, 4) is 0 Å². The Morgan fingerprint density at radius 2 is 1.50 bits per heavy atom. The maximum absolute atomic E-state index is 11.7. The molecule has 0 aromatic heterocycles. The van der Waals surface area contributed by atoms with Crippen LogP contribution >= 0.6 is 0 Å². The van der Waals surface area contributed by atoms with E-state index in [1.807, 2.05) is 0 Å². The van der Waals surface area contributed by atoms with Gasteiger partial charge in [0.2, 0.25) is 5.91 Å². The molecule has 0 bridgehead atoms. The van der Waals surface area contributed by atoms with Crippen LogP contribution in [0.4, 0.5) is 0 Å². The van der Waals surface area contributed by atoms with Crippen LogP contribution in [-0.4, -0.2) is 38.9 Å². The average Bonchev–Trinajstić information content (AvgIpc) is 2.42. The highest BCUT2D eigenvalue weighted by Gasteiger charge is 2.08. The molecule has 0 aliphatic carbocycles. The topological polar surface area (TPSA) is 57.6 Å². The molecule has 0 aromatic carbocycles. The highest BCUT2D eigenvalue weighted by Crippen LogP contribution is 2.10. The first-order chi connectivity index (χ1) is 9.57. The van der Waals surface area contributed by atoms with Crippen LogP contribution in [0.1, 0.15) is 71.1 Å². The minimum atomic E-state index is -1.81. The SMILES string of the molecule is CCCCCCCCCCCC(=O)N(C)CCS(=O)O. The third kappa shape index (κ3) is 12.6. The van der Waals surface area contributed by atoms with E-state index >= 15 is 0 Å². The number of hydrogen-bond acceptors (Lipinski definition) is 2. The Balaban J connectivity index is 3.36. The summed E-state index contributed by atoms with van der Waals surface area (Å²) in [7, 11) is 1.70. The lowest BCUT2D eigenvalue weighted by Gasteiger charge is -2.15. The molecular formula is C15H31NO3S. The number of hydrogen-bond donors (Lipinski definition) is 1. The van der Waals surface area contributed by atoms with Crippen molar-refractivity contribution in [3.63, 3.8) is 0 Å². The van der Waals surface area contributed by atoms with E-state index < -0.39 is 11.1 Å². The van der Waals surface area contributed by atoms with Crippen LogP contribution in [-0.2, 0) is 15.9 Å². The van der Waals surface area contributed by atoms with Gasteiger partial charge in [0.25, 0.3) is 0 Å². The fourth-order valence-electron chi connectivity index (χ4n) is 2.12. The van der Waals surface area contributed by atoms with Crippen LogP contribution in [0.3, 0.4) is 0 Å². The van der Waals surface area contributed by atoms with Crippen molar-refractivity contribution >= 4 is 17.0 Å². The maximum Gasteiger partial charge on any atom is 0.222 e. The molecular weight excluding hydrogens is 274 g/mol. The first kappa shape index (κ1) is 19.6. The van der Waals surface area contributed by atoms with Gasteiger partial charge in [-0.05, 0) is 6.42 Å². The zero-order chi connectivity index (χ0) is 15.2. The Hall–Kier alpha value is -0.420. The zero-order valence-corrected chi connectivity index (χ0v) is 13.9. The summed E-state index contributed by atoms with van der Waals surface area (Å²) in [6, 6.07) is 0. The Labute approximate surface area is 126 Å². The van der Waals surface area contributed by atoms with Gasteiger partial charge in [-0.15, -0.1) is 0 Å². The van der Waals surface area contributed by atoms with E-state index in [-0.39, 0.29) is 11.7 Å². The molecule has 0 rings (SSSR count). The molecule has 1 atom stereocenters. The summed E-state index contributed by atoms with van der Waals surface area (Å²) in [5.41, 5.74) is 0. The van der Waals surface area contributed by atoms with Gasteiger partial charge in [0, 0.05) is 20.0 Å². The lowest BCUT2D eigenvalue weighted by molar-refractivity contribution is -0.129. The van der Waals surface area contributed by atoms with Gasteiger partial charge in [-0.25, -0.2) is 4.21 Å². The summed E-state index contributed by atoms with van der Waals surface area (Å²) in [4.78, 5) is 13.3. The molecule has 5 heteroatoms. The fraction of sp³-hybridized carbons (Fsp3) is 0.933. The Morgan fingerprint density at radius 3 is 2.00 bits per heavy atom. The van der Waals surface area contributed by atoms with E-state index in [4.69, 9.17) is 4.55 Å². The maximum atomic E-state index is 11.7. The zero-order valence-electron chi connectivity index (χ0n) is 13.1. The van der Waals surface area contributed by atoms with Crippen LogP contribution in [0.25, 0.3) is 0 Å². The predicted octanol–water partition coefficient (Wildman–Crippen LogP) is 3.59. The molecule has 0 aliphatic rings. The molecule has 1 unspecified atom stereocenters. The van der Waals surface area contributed by atoms with Crippen molar-refractivity contribution in [2.24, 2.45) is 0 Å². The molecule has 0 aromatic rings. The van der Waals surface area contributed by atoms with E-state index in [2.05, 4.69) is 6.92 Å². The minimum absolute atomic E-state index is 0.0818. The molecule has 120 valence electrons. The third-order valence-corrected chi connectivity index (χ3v) is 4.05. The molecule has 0 saturated heterocycles. The molecule has 0 heterocycles. The predicted molar refractivity (Wildman–Crippen MR) is 85.1 cm³/mol. The van der Waals surface area contributed by atoms with Crippen molar-refractivity contribution in [2.75, 3.05) is 19.3 Å². The van der Waals surface area contributed by atoms with Gasteiger partial charge in [0.15, 0.2) is 11.1 Å². The van der Waals surface area contributed by atoms with Crippen LogP contribution in [0.15, 0.2) is 0 Å². The molecule has 0 fully saturated rings.